The molecular weight excluding hydrogens is 310 g/mol. The van der Waals surface area contributed by atoms with Crippen molar-refractivity contribution in [2.24, 2.45) is 0 Å². The van der Waals surface area contributed by atoms with Crippen molar-refractivity contribution in [1.29, 1.82) is 0 Å². The van der Waals surface area contributed by atoms with Gasteiger partial charge >= 0.3 is 0 Å². The van der Waals surface area contributed by atoms with Crippen molar-refractivity contribution in [2.45, 2.75) is 36.8 Å². The Labute approximate surface area is 140 Å². The van der Waals surface area contributed by atoms with Crippen LogP contribution in [0.3, 0.4) is 0 Å². The third kappa shape index (κ3) is 1.61. The molecule has 0 radical (unpaired) electrons. The molecule has 0 amide bonds. The zero-order chi connectivity index (χ0) is 16.5. The van der Waals surface area contributed by atoms with Crippen molar-refractivity contribution < 1.29 is 24.0 Å². The van der Waals surface area contributed by atoms with Crippen LogP contribution in [0.4, 0.5) is 0 Å². The molecule has 128 valence electrons. The summed E-state index contributed by atoms with van der Waals surface area (Å²) < 4.78 is 16.2. The monoisotopic (exact) mass is 331 g/mol. The molecule has 6 nitrogen and oxygen atoms in total. The number of aliphatic hydroxyl groups is 1. The fourth-order valence-electron chi connectivity index (χ4n) is 5.23. The summed E-state index contributed by atoms with van der Waals surface area (Å²) in [6.07, 6.45) is 3.47. The Morgan fingerprint density at radius 1 is 1.29 bits per heavy atom. The van der Waals surface area contributed by atoms with Crippen LogP contribution in [0, 0.1) is 5.21 Å². The standard InChI is InChI=1S/C18H21NO5/c1-22-15-9-18-4-2-5-19(18,21)6-3-11-7-13-14(24-10-23-13)8-12(11)16(18)17(15)20/h7-9,16-17,20H,2-6,10H2,1H3/t16-,17-,18?,19?/m0/s1. The first-order valence-corrected chi connectivity index (χ1v) is 8.53. The Morgan fingerprint density at radius 2 is 2.08 bits per heavy atom. The minimum Gasteiger partial charge on any atom is -0.632 e. The lowest BCUT2D eigenvalue weighted by Gasteiger charge is -2.52. The topological polar surface area (TPSA) is 71.0 Å². The summed E-state index contributed by atoms with van der Waals surface area (Å²) in [5.74, 6) is 1.66. The lowest BCUT2D eigenvalue weighted by Crippen LogP contribution is -2.58. The van der Waals surface area contributed by atoms with Gasteiger partial charge in [0.1, 0.15) is 17.4 Å². The average molecular weight is 331 g/mol. The van der Waals surface area contributed by atoms with Crippen LogP contribution < -0.4 is 9.47 Å². The van der Waals surface area contributed by atoms with E-state index in [-0.39, 0.29) is 17.4 Å². The number of nitrogens with zero attached hydrogens (tertiary/aromatic N) is 1. The van der Waals surface area contributed by atoms with Gasteiger partial charge in [-0.15, -0.1) is 0 Å². The second-order valence-electron chi connectivity index (χ2n) is 7.26. The van der Waals surface area contributed by atoms with Gasteiger partial charge in [-0.25, -0.2) is 0 Å². The minimum absolute atomic E-state index is 0.222. The number of hydrogen-bond donors (Lipinski definition) is 1. The predicted molar refractivity (Wildman–Crippen MR) is 85.4 cm³/mol. The summed E-state index contributed by atoms with van der Waals surface area (Å²) in [7, 11) is 1.56. The molecule has 1 spiro atoms. The third-order valence-electron chi connectivity index (χ3n) is 6.34. The van der Waals surface area contributed by atoms with Crippen molar-refractivity contribution in [2.75, 3.05) is 27.0 Å². The van der Waals surface area contributed by atoms with Crippen LogP contribution >= 0.6 is 0 Å². The van der Waals surface area contributed by atoms with Gasteiger partial charge in [-0.1, -0.05) is 0 Å². The van der Waals surface area contributed by atoms with Gasteiger partial charge in [0.25, 0.3) is 0 Å². The van der Waals surface area contributed by atoms with E-state index in [4.69, 9.17) is 14.2 Å². The molecule has 4 aliphatic rings. The van der Waals surface area contributed by atoms with Crippen molar-refractivity contribution in [3.63, 3.8) is 0 Å². The predicted octanol–water partition coefficient (Wildman–Crippen LogP) is 1.81. The van der Waals surface area contributed by atoms with Crippen molar-refractivity contribution in [3.8, 4) is 11.5 Å². The Balaban J connectivity index is 1.74. The molecule has 0 saturated carbocycles. The van der Waals surface area contributed by atoms with Gasteiger partial charge < -0.3 is 29.2 Å². The highest BCUT2D eigenvalue weighted by atomic mass is 16.7. The highest BCUT2D eigenvalue weighted by Gasteiger charge is 2.62. The highest BCUT2D eigenvalue weighted by molar-refractivity contribution is 5.53. The Bertz CT molecular complexity index is 747. The lowest BCUT2D eigenvalue weighted by molar-refractivity contribution is -0.912. The van der Waals surface area contributed by atoms with Crippen LogP contribution in [0.5, 0.6) is 11.5 Å². The molecule has 4 atom stereocenters. The first-order valence-electron chi connectivity index (χ1n) is 8.53. The number of aliphatic hydroxyl groups excluding tert-OH is 1. The van der Waals surface area contributed by atoms with E-state index >= 15 is 0 Å². The van der Waals surface area contributed by atoms with E-state index in [0.717, 1.165) is 29.7 Å². The molecule has 3 heterocycles. The number of ether oxygens (including phenoxy) is 3. The number of rotatable bonds is 1. The number of benzene rings is 1. The molecule has 1 N–H and O–H groups in total. The first kappa shape index (κ1) is 14.6. The quantitative estimate of drug-likeness (QED) is 0.628. The third-order valence-corrected chi connectivity index (χ3v) is 6.34. The molecule has 1 aromatic rings. The summed E-state index contributed by atoms with van der Waals surface area (Å²) >= 11 is 0. The fourth-order valence-corrected chi connectivity index (χ4v) is 5.23. The first-order chi connectivity index (χ1) is 11.6. The minimum atomic E-state index is -0.795. The number of fused-ring (bicyclic) bond motifs is 3. The molecule has 1 saturated heterocycles. The van der Waals surface area contributed by atoms with Gasteiger partial charge in [-0.2, -0.15) is 0 Å². The van der Waals surface area contributed by atoms with Gasteiger partial charge in [0, 0.05) is 25.3 Å². The summed E-state index contributed by atoms with van der Waals surface area (Å²) in [5.41, 5.74) is 1.45. The van der Waals surface area contributed by atoms with Gasteiger partial charge in [0.2, 0.25) is 6.79 Å². The summed E-state index contributed by atoms with van der Waals surface area (Å²) in [5, 5.41) is 24.6. The van der Waals surface area contributed by atoms with E-state index in [1.165, 1.54) is 0 Å². The lowest BCUT2D eigenvalue weighted by atomic mass is 9.77. The summed E-state index contributed by atoms with van der Waals surface area (Å²) in [4.78, 5) is 0. The van der Waals surface area contributed by atoms with Crippen molar-refractivity contribution in [1.82, 2.24) is 0 Å². The van der Waals surface area contributed by atoms with E-state index < -0.39 is 11.6 Å². The molecule has 1 aromatic carbocycles. The number of hydroxylamine groups is 3. The Morgan fingerprint density at radius 3 is 2.88 bits per heavy atom. The molecule has 1 aliphatic carbocycles. The maximum atomic E-state index is 13.7. The molecule has 6 heteroatoms. The number of hydrogen-bond acceptors (Lipinski definition) is 5. The van der Waals surface area contributed by atoms with E-state index in [9.17, 15) is 10.3 Å². The maximum Gasteiger partial charge on any atom is 0.231 e. The van der Waals surface area contributed by atoms with Crippen LogP contribution in [-0.2, 0) is 11.2 Å². The van der Waals surface area contributed by atoms with E-state index in [1.807, 2.05) is 18.2 Å². The molecule has 3 aliphatic heterocycles. The van der Waals surface area contributed by atoms with Crippen LogP contribution in [0.2, 0.25) is 0 Å². The number of quaternary nitrogens is 1. The Kier molecular flexibility index (Phi) is 2.83. The maximum absolute atomic E-state index is 13.7. The van der Waals surface area contributed by atoms with Gasteiger partial charge in [-0.3, -0.25) is 0 Å². The smallest absolute Gasteiger partial charge is 0.231 e. The SMILES string of the molecule is COC1=CC23CCC[N+]2([O-])CCc2cc4c(cc2[C@H]3[C@H]1O)OCO4. The van der Waals surface area contributed by atoms with E-state index in [0.29, 0.717) is 31.0 Å². The molecule has 0 bridgehead atoms. The Hall–Kier alpha value is -1.76. The highest BCUT2D eigenvalue weighted by Crippen LogP contribution is 2.57. The van der Waals surface area contributed by atoms with E-state index in [2.05, 4.69) is 0 Å². The number of methoxy groups -OCH3 is 1. The zero-order valence-electron chi connectivity index (χ0n) is 13.7. The second-order valence-corrected chi connectivity index (χ2v) is 7.26. The van der Waals surface area contributed by atoms with Gasteiger partial charge in [-0.05, 0) is 23.3 Å². The average Bonchev–Trinajstić information content (AvgIpc) is 3.21. The van der Waals surface area contributed by atoms with E-state index in [1.54, 1.807) is 7.11 Å². The largest absolute Gasteiger partial charge is 0.632 e. The van der Waals surface area contributed by atoms with Crippen LogP contribution in [0.25, 0.3) is 0 Å². The summed E-state index contributed by atoms with van der Waals surface area (Å²) in [6, 6.07) is 3.95. The molecule has 5 rings (SSSR count). The molecule has 24 heavy (non-hydrogen) atoms. The van der Waals surface area contributed by atoms with Crippen molar-refractivity contribution >= 4 is 0 Å². The molecular formula is C18H21NO5. The second kappa shape index (κ2) is 4.65. The van der Waals surface area contributed by atoms with Crippen LogP contribution in [0.15, 0.2) is 24.0 Å². The van der Waals surface area contributed by atoms with Crippen LogP contribution in [0.1, 0.15) is 29.9 Å². The molecule has 0 aromatic heterocycles. The zero-order valence-corrected chi connectivity index (χ0v) is 13.7. The van der Waals surface area contributed by atoms with Gasteiger partial charge in [0.05, 0.1) is 26.1 Å². The summed E-state index contributed by atoms with van der Waals surface area (Å²) in [6.45, 7) is 1.33. The normalized spacial score (nSPS) is 38.9. The fraction of sp³-hybridized carbons (Fsp3) is 0.556. The molecule has 2 unspecified atom stereocenters. The molecule has 1 fully saturated rings. The van der Waals surface area contributed by atoms with Gasteiger partial charge in [0.15, 0.2) is 11.5 Å². The van der Waals surface area contributed by atoms with Crippen molar-refractivity contribution in [3.05, 3.63) is 40.3 Å². The van der Waals surface area contributed by atoms with Crippen LogP contribution in [-0.4, -0.2) is 48.4 Å².